The fraction of sp³-hybridized carbons (Fsp3) is 0.200. The molecule has 4 nitrogen and oxygen atoms in total. The molecule has 2 N–H and O–H groups in total. The maximum absolute atomic E-state index is 10.5. The zero-order valence-corrected chi connectivity index (χ0v) is 8.11. The van der Waals surface area contributed by atoms with Gasteiger partial charge in [-0.15, -0.1) is 0 Å². The van der Waals surface area contributed by atoms with Crippen molar-refractivity contribution in [2.45, 2.75) is 13.8 Å². The van der Waals surface area contributed by atoms with Gasteiger partial charge in [0.1, 0.15) is 5.65 Å². The zero-order valence-electron chi connectivity index (χ0n) is 8.11. The van der Waals surface area contributed by atoms with E-state index in [1.807, 2.05) is 13.8 Å². The fourth-order valence-electron chi connectivity index (χ4n) is 1.06. The van der Waals surface area contributed by atoms with E-state index in [1.165, 1.54) is 6.20 Å². The van der Waals surface area contributed by atoms with Gasteiger partial charge in [-0.1, -0.05) is 13.8 Å². The fourth-order valence-corrected chi connectivity index (χ4v) is 1.06. The number of hydrogen-bond acceptors (Lipinski definition) is 2. The maximum Gasteiger partial charge on any atom is 0.337 e. The minimum atomic E-state index is -0.953. The Balaban J connectivity index is 0.000000461. The number of aromatic amines is 1. The van der Waals surface area contributed by atoms with E-state index in [9.17, 15) is 4.79 Å². The highest BCUT2D eigenvalue weighted by Gasteiger charge is 2.03. The molecule has 0 saturated carbocycles. The smallest absolute Gasteiger partial charge is 0.337 e. The van der Waals surface area contributed by atoms with Crippen LogP contribution in [0, 0.1) is 0 Å². The van der Waals surface area contributed by atoms with Gasteiger partial charge >= 0.3 is 5.97 Å². The van der Waals surface area contributed by atoms with E-state index in [1.54, 1.807) is 18.3 Å². The van der Waals surface area contributed by atoms with Crippen LogP contribution in [-0.4, -0.2) is 21.0 Å². The molecule has 0 saturated heterocycles. The number of pyridine rings is 1. The summed E-state index contributed by atoms with van der Waals surface area (Å²) in [5, 5.41) is 9.45. The Hall–Kier alpha value is -1.84. The maximum atomic E-state index is 10.5. The zero-order chi connectivity index (χ0) is 10.6. The first-order valence-corrected chi connectivity index (χ1v) is 4.44. The third-order valence-electron chi connectivity index (χ3n) is 1.65. The molecule has 0 atom stereocenters. The number of hydrogen-bond donors (Lipinski definition) is 2. The number of aromatic nitrogens is 2. The Labute approximate surface area is 81.6 Å². The van der Waals surface area contributed by atoms with Gasteiger partial charge in [0.15, 0.2) is 0 Å². The van der Waals surface area contributed by atoms with Crippen LogP contribution >= 0.6 is 0 Å². The molecular formula is C10H12N2O2. The molecule has 0 amide bonds. The Morgan fingerprint density at radius 1 is 1.50 bits per heavy atom. The standard InChI is InChI=1S/C8H6N2O2.C2H6/c11-8(12)6-3-5-1-2-9-7(5)10-4-6;1-2/h1-4H,(H,9,10)(H,11,12);1-2H3. The van der Waals surface area contributed by atoms with Crippen LogP contribution in [0.5, 0.6) is 0 Å². The molecule has 0 radical (unpaired) electrons. The molecule has 0 aliphatic heterocycles. The summed E-state index contributed by atoms with van der Waals surface area (Å²) in [7, 11) is 0. The van der Waals surface area contributed by atoms with Crippen molar-refractivity contribution in [2.75, 3.05) is 0 Å². The summed E-state index contributed by atoms with van der Waals surface area (Å²) >= 11 is 0. The van der Waals surface area contributed by atoms with Crippen molar-refractivity contribution in [2.24, 2.45) is 0 Å². The second-order valence-corrected chi connectivity index (χ2v) is 2.44. The van der Waals surface area contributed by atoms with E-state index < -0.39 is 5.97 Å². The van der Waals surface area contributed by atoms with Gasteiger partial charge in [-0.3, -0.25) is 0 Å². The van der Waals surface area contributed by atoms with Crippen LogP contribution in [0.15, 0.2) is 24.5 Å². The monoisotopic (exact) mass is 192 g/mol. The molecule has 2 aromatic heterocycles. The highest BCUT2D eigenvalue weighted by molar-refractivity contribution is 5.91. The van der Waals surface area contributed by atoms with Crippen LogP contribution in [-0.2, 0) is 0 Å². The second-order valence-electron chi connectivity index (χ2n) is 2.44. The van der Waals surface area contributed by atoms with Crippen molar-refractivity contribution in [1.29, 1.82) is 0 Å². The number of carbonyl (C=O) groups is 1. The number of H-pyrrole nitrogens is 1. The average molecular weight is 192 g/mol. The Kier molecular flexibility index (Phi) is 3.23. The van der Waals surface area contributed by atoms with Gasteiger partial charge in [-0.05, 0) is 12.1 Å². The summed E-state index contributed by atoms with van der Waals surface area (Å²) < 4.78 is 0. The molecule has 2 heterocycles. The summed E-state index contributed by atoms with van der Waals surface area (Å²) in [5.41, 5.74) is 0.919. The quantitative estimate of drug-likeness (QED) is 0.728. The molecule has 0 aromatic carbocycles. The number of fused-ring (bicyclic) bond motifs is 1. The van der Waals surface area contributed by atoms with Gasteiger partial charge in [0.05, 0.1) is 5.56 Å². The molecule has 74 valence electrons. The number of carboxylic acids is 1. The summed E-state index contributed by atoms with van der Waals surface area (Å²) in [6, 6.07) is 3.37. The number of carboxylic acid groups (broad SMARTS) is 1. The van der Waals surface area contributed by atoms with E-state index in [0.29, 0.717) is 5.65 Å². The molecule has 0 aliphatic rings. The highest BCUT2D eigenvalue weighted by atomic mass is 16.4. The number of nitrogens with zero attached hydrogens (tertiary/aromatic N) is 1. The van der Waals surface area contributed by atoms with Crippen LogP contribution in [0.2, 0.25) is 0 Å². The lowest BCUT2D eigenvalue weighted by atomic mass is 10.2. The Bertz CT molecular complexity index is 434. The number of nitrogens with one attached hydrogen (secondary N) is 1. The third kappa shape index (κ3) is 1.90. The molecule has 4 heteroatoms. The predicted octanol–water partition coefficient (Wildman–Crippen LogP) is 2.29. The van der Waals surface area contributed by atoms with Crippen LogP contribution in [0.4, 0.5) is 0 Å². The predicted molar refractivity (Wildman–Crippen MR) is 54.4 cm³/mol. The van der Waals surface area contributed by atoms with Crippen molar-refractivity contribution in [1.82, 2.24) is 9.97 Å². The van der Waals surface area contributed by atoms with Crippen LogP contribution in [0.25, 0.3) is 11.0 Å². The first kappa shape index (κ1) is 10.2. The van der Waals surface area contributed by atoms with Crippen molar-refractivity contribution >= 4 is 17.0 Å². The van der Waals surface area contributed by atoms with Crippen molar-refractivity contribution in [3.8, 4) is 0 Å². The lowest BCUT2D eigenvalue weighted by molar-refractivity contribution is 0.0696. The molecular weight excluding hydrogens is 180 g/mol. The van der Waals surface area contributed by atoms with Crippen molar-refractivity contribution in [3.05, 3.63) is 30.1 Å². The van der Waals surface area contributed by atoms with Gasteiger partial charge in [0.2, 0.25) is 0 Å². The highest BCUT2D eigenvalue weighted by Crippen LogP contribution is 2.10. The van der Waals surface area contributed by atoms with Gasteiger partial charge < -0.3 is 10.1 Å². The summed E-state index contributed by atoms with van der Waals surface area (Å²) in [6.45, 7) is 4.00. The van der Waals surface area contributed by atoms with E-state index in [0.717, 1.165) is 5.39 Å². The van der Waals surface area contributed by atoms with E-state index in [2.05, 4.69) is 9.97 Å². The van der Waals surface area contributed by atoms with Gasteiger partial charge in [0, 0.05) is 17.8 Å². The van der Waals surface area contributed by atoms with Gasteiger partial charge in [0.25, 0.3) is 0 Å². The summed E-state index contributed by atoms with van der Waals surface area (Å²) in [5.74, 6) is -0.953. The average Bonchev–Trinajstić information content (AvgIpc) is 2.67. The normalized spacial score (nSPS) is 9.29. The molecule has 2 aromatic rings. The van der Waals surface area contributed by atoms with E-state index in [4.69, 9.17) is 5.11 Å². The first-order valence-electron chi connectivity index (χ1n) is 4.44. The van der Waals surface area contributed by atoms with Gasteiger partial charge in [-0.2, -0.15) is 0 Å². The third-order valence-corrected chi connectivity index (χ3v) is 1.65. The van der Waals surface area contributed by atoms with E-state index >= 15 is 0 Å². The van der Waals surface area contributed by atoms with Crippen LogP contribution < -0.4 is 0 Å². The van der Waals surface area contributed by atoms with Gasteiger partial charge in [-0.25, -0.2) is 9.78 Å². The lowest BCUT2D eigenvalue weighted by Crippen LogP contribution is -1.96. The number of rotatable bonds is 1. The molecule has 0 spiro atoms. The minimum Gasteiger partial charge on any atom is -0.478 e. The molecule has 2 rings (SSSR count). The van der Waals surface area contributed by atoms with Crippen molar-refractivity contribution in [3.63, 3.8) is 0 Å². The van der Waals surface area contributed by atoms with Crippen molar-refractivity contribution < 1.29 is 9.90 Å². The molecule has 0 unspecified atom stereocenters. The SMILES string of the molecule is CC.O=C(O)c1cnc2[nH]ccc2c1. The molecule has 0 bridgehead atoms. The van der Waals surface area contributed by atoms with E-state index in [-0.39, 0.29) is 5.56 Å². The summed E-state index contributed by atoms with van der Waals surface area (Å²) in [6.07, 6.45) is 3.06. The number of aromatic carboxylic acids is 1. The topological polar surface area (TPSA) is 66.0 Å². The first-order chi connectivity index (χ1) is 6.77. The summed E-state index contributed by atoms with van der Waals surface area (Å²) in [4.78, 5) is 17.3. The molecule has 0 fully saturated rings. The van der Waals surface area contributed by atoms with Crippen LogP contribution in [0.3, 0.4) is 0 Å². The Morgan fingerprint density at radius 2 is 2.21 bits per heavy atom. The lowest BCUT2D eigenvalue weighted by Gasteiger charge is -1.92. The molecule has 0 aliphatic carbocycles. The Morgan fingerprint density at radius 3 is 2.86 bits per heavy atom. The second kappa shape index (κ2) is 4.41. The molecule has 14 heavy (non-hydrogen) atoms. The minimum absolute atomic E-state index is 0.210. The van der Waals surface area contributed by atoms with Crippen LogP contribution in [0.1, 0.15) is 24.2 Å². The largest absolute Gasteiger partial charge is 0.478 e.